The Balaban J connectivity index is 4.73. The fourth-order valence-corrected chi connectivity index (χ4v) is 1.03. The zero-order valence-electron chi connectivity index (χ0n) is 10.1. The van der Waals surface area contributed by atoms with Crippen molar-refractivity contribution in [1.82, 2.24) is 0 Å². The summed E-state index contributed by atoms with van der Waals surface area (Å²) in [6.45, 7) is 2.65. The van der Waals surface area contributed by atoms with Gasteiger partial charge in [-0.2, -0.15) is 26.3 Å². The van der Waals surface area contributed by atoms with Gasteiger partial charge in [0.25, 0.3) is 0 Å². The van der Waals surface area contributed by atoms with Crippen LogP contribution in [-0.4, -0.2) is 35.6 Å². The molecule has 1 N–H and O–H groups in total. The van der Waals surface area contributed by atoms with Gasteiger partial charge in [0, 0.05) is 0 Å². The van der Waals surface area contributed by atoms with E-state index in [1.54, 1.807) is 0 Å². The third kappa shape index (κ3) is 4.26. The molecule has 0 atom stereocenters. The van der Waals surface area contributed by atoms with Gasteiger partial charge in [-0.05, 0) is 12.8 Å². The molecule has 0 rings (SSSR count). The van der Waals surface area contributed by atoms with Crippen molar-refractivity contribution >= 4 is 5.97 Å². The summed E-state index contributed by atoms with van der Waals surface area (Å²) in [4.78, 5) is 10.9. The number of rotatable bonds is 6. The molecule has 0 unspecified atom stereocenters. The zero-order valence-corrected chi connectivity index (χ0v) is 10.1. The number of ether oxygens (including phenoxy) is 1. The molecule has 0 fully saturated rings. The predicted octanol–water partition coefficient (Wildman–Crippen LogP) is 2.91. The van der Waals surface area contributed by atoms with E-state index in [-0.39, 0.29) is 6.42 Å². The molecule has 0 radical (unpaired) electrons. The second-order valence-corrected chi connectivity index (χ2v) is 3.63. The topological polar surface area (TPSA) is 46.5 Å². The second-order valence-electron chi connectivity index (χ2n) is 3.63. The summed E-state index contributed by atoms with van der Waals surface area (Å²) in [7, 11) is 0. The van der Waals surface area contributed by atoms with E-state index in [2.05, 4.69) is 11.3 Å². The van der Waals surface area contributed by atoms with Gasteiger partial charge < -0.3 is 9.84 Å². The van der Waals surface area contributed by atoms with Gasteiger partial charge in [-0.15, -0.1) is 6.58 Å². The van der Waals surface area contributed by atoms with Crippen molar-refractivity contribution in [2.75, 3.05) is 6.61 Å². The molecule has 0 aliphatic rings. The van der Waals surface area contributed by atoms with Gasteiger partial charge in [-0.1, -0.05) is 18.2 Å². The molecular weight excluding hydrogens is 294 g/mol. The van der Waals surface area contributed by atoms with Crippen LogP contribution in [0.1, 0.15) is 12.8 Å². The van der Waals surface area contributed by atoms with Crippen LogP contribution in [0.3, 0.4) is 0 Å². The number of hydrogen-bond acceptors (Lipinski definition) is 3. The van der Waals surface area contributed by atoms with Gasteiger partial charge in [0.1, 0.15) is 0 Å². The molecule has 0 saturated heterocycles. The Morgan fingerprint density at radius 3 is 2.00 bits per heavy atom. The standard InChI is InChI=1S/C11H12F6O3/c1-2-3-4-5-6-7-20-8(18)9(19,10(12,13)14)11(15,16)17/h2,4-5,19H,1,3,6-7H2/b5-4-. The zero-order chi connectivity index (χ0) is 16.0. The van der Waals surface area contributed by atoms with Crippen LogP contribution < -0.4 is 0 Å². The summed E-state index contributed by atoms with van der Waals surface area (Å²) < 4.78 is 77.2. The highest BCUT2D eigenvalue weighted by Crippen LogP contribution is 2.43. The second kappa shape index (κ2) is 6.78. The maximum atomic E-state index is 12.2. The summed E-state index contributed by atoms with van der Waals surface area (Å²) in [5.41, 5.74) is -5.52. The van der Waals surface area contributed by atoms with E-state index in [4.69, 9.17) is 5.11 Å². The number of esters is 1. The van der Waals surface area contributed by atoms with Crippen molar-refractivity contribution in [1.29, 1.82) is 0 Å². The molecule has 0 spiro atoms. The molecule has 0 bridgehead atoms. The summed E-state index contributed by atoms with van der Waals surface area (Å²) in [6.07, 6.45) is -7.67. The number of alkyl halides is 6. The van der Waals surface area contributed by atoms with Gasteiger partial charge in [-0.25, -0.2) is 4.79 Å². The summed E-state index contributed by atoms with van der Waals surface area (Å²) >= 11 is 0. The van der Waals surface area contributed by atoms with Crippen LogP contribution in [0, 0.1) is 0 Å². The van der Waals surface area contributed by atoms with Crippen molar-refractivity contribution < 1.29 is 41.0 Å². The molecule has 0 aliphatic carbocycles. The minimum absolute atomic E-state index is 0.0919. The maximum Gasteiger partial charge on any atom is 0.437 e. The van der Waals surface area contributed by atoms with E-state index in [1.165, 1.54) is 18.2 Å². The Labute approximate surface area is 110 Å². The van der Waals surface area contributed by atoms with Crippen molar-refractivity contribution in [3.8, 4) is 0 Å². The molecular formula is C11H12F6O3. The average molecular weight is 306 g/mol. The molecule has 0 aromatic rings. The first-order valence-corrected chi connectivity index (χ1v) is 5.27. The lowest BCUT2D eigenvalue weighted by atomic mass is 10.0. The van der Waals surface area contributed by atoms with E-state index in [0.29, 0.717) is 6.42 Å². The molecule has 0 saturated carbocycles. The largest absolute Gasteiger partial charge is 0.463 e. The van der Waals surface area contributed by atoms with Crippen molar-refractivity contribution in [3.05, 3.63) is 24.8 Å². The van der Waals surface area contributed by atoms with Crippen molar-refractivity contribution in [3.63, 3.8) is 0 Å². The van der Waals surface area contributed by atoms with Crippen molar-refractivity contribution in [2.24, 2.45) is 0 Å². The quantitative estimate of drug-likeness (QED) is 0.355. The molecule has 9 heteroatoms. The molecule has 0 aromatic carbocycles. The SMILES string of the molecule is C=CC/C=C\CCOC(=O)C(O)(C(F)(F)F)C(F)(F)F. The molecule has 0 aromatic heterocycles. The fraction of sp³-hybridized carbons (Fsp3) is 0.545. The van der Waals surface area contributed by atoms with Gasteiger partial charge in [0.05, 0.1) is 6.61 Å². The third-order valence-electron chi connectivity index (χ3n) is 2.10. The van der Waals surface area contributed by atoms with E-state index in [9.17, 15) is 31.1 Å². The Morgan fingerprint density at radius 2 is 1.60 bits per heavy atom. The lowest BCUT2D eigenvalue weighted by Crippen LogP contribution is -2.63. The van der Waals surface area contributed by atoms with Crippen molar-refractivity contribution in [2.45, 2.75) is 30.8 Å². The number of carbonyl (C=O) groups excluding carboxylic acids is 1. The number of hydrogen-bond donors (Lipinski definition) is 1. The Hall–Kier alpha value is -1.51. The molecule has 20 heavy (non-hydrogen) atoms. The molecule has 3 nitrogen and oxygen atoms in total. The first-order valence-electron chi connectivity index (χ1n) is 5.27. The number of halogens is 6. The van der Waals surface area contributed by atoms with Crippen LogP contribution in [-0.2, 0) is 9.53 Å². The van der Waals surface area contributed by atoms with Crippen LogP contribution >= 0.6 is 0 Å². The van der Waals surface area contributed by atoms with E-state index in [0.717, 1.165) is 0 Å². The predicted molar refractivity (Wildman–Crippen MR) is 56.6 cm³/mol. The lowest BCUT2D eigenvalue weighted by molar-refractivity contribution is -0.356. The number of aliphatic hydroxyl groups is 1. The van der Waals surface area contributed by atoms with Crippen LogP contribution in [0.25, 0.3) is 0 Å². The Kier molecular flexibility index (Phi) is 6.27. The maximum absolute atomic E-state index is 12.2. The fourth-order valence-electron chi connectivity index (χ4n) is 1.03. The normalized spacial score (nSPS) is 13.6. The first kappa shape index (κ1) is 18.5. The van der Waals surface area contributed by atoms with Crippen LogP contribution in [0.5, 0.6) is 0 Å². The number of allylic oxidation sites excluding steroid dienone is 2. The third-order valence-corrected chi connectivity index (χ3v) is 2.10. The van der Waals surface area contributed by atoms with Crippen LogP contribution in [0.15, 0.2) is 24.8 Å². The number of carbonyl (C=O) groups is 1. The van der Waals surface area contributed by atoms with E-state index >= 15 is 0 Å². The molecule has 116 valence electrons. The molecule has 0 heterocycles. The highest BCUT2D eigenvalue weighted by atomic mass is 19.4. The minimum atomic E-state index is -6.22. The Morgan fingerprint density at radius 1 is 1.10 bits per heavy atom. The van der Waals surface area contributed by atoms with Gasteiger partial charge in [-0.3, -0.25) is 0 Å². The van der Waals surface area contributed by atoms with Gasteiger partial charge in [0.15, 0.2) is 0 Å². The van der Waals surface area contributed by atoms with Crippen LogP contribution in [0.2, 0.25) is 0 Å². The molecule has 0 aliphatic heterocycles. The van der Waals surface area contributed by atoms with E-state index in [1.807, 2.05) is 0 Å². The van der Waals surface area contributed by atoms with Gasteiger partial charge >= 0.3 is 23.9 Å². The lowest BCUT2D eigenvalue weighted by Gasteiger charge is -2.29. The smallest absolute Gasteiger partial charge is 0.437 e. The minimum Gasteiger partial charge on any atom is -0.463 e. The monoisotopic (exact) mass is 306 g/mol. The van der Waals surface area contributed by atoms with Gasteiger partial charge in [0.2, 0.25) is 0 Å². The Bertz CT molecular complexity index is 355. The average Bonchev–Trinajstić information content (AvgIpc) is 2.29. The summed E-state index contributed by atoms with van der Waals surface area (Å²) in [5, 5.41) is 8.64. The van der Waals surface area contributed by atoms with E-state index < -0.39 is 30.5 Å². The van der Waals surface area contributed by atoms with Crippen LogP contribution in [0.4, 0.5) is 26.3 Å². The highest BCUT2D eigenvalue weighted by Gasteiger charge is 2.76. The highest BCUT2D eigenvalue weighted by molar-refractivity contribution is 5.81. The summed E-state index contributed by atoms with van der Waals surface area (Å²) in [5.74, 6) is -2.80. The summed E-state index contributed by atoms with van der Waals surface area (Å²) in [6, 6.07) is 0. The first-order chi connectivity index (χ1) is 8.98. The molecule has 0 amide bonds.